The summed E-state index contributed by atoms with van der Waals surface area (Å²) in [5, 5.41) is 6.97. The summed E-state index contributed by atoms with van der Waals surface area (Å²) >= 11 is 0. The molecule has 1 rings (SSSR count). The Morgan fingerprint density at radius 2 is 2.06 bits per heavy atom. The molecule has 0 fully saturated rings. The molecule has 0 saturated heterocycles. The van der Waals surface area contributed by atoms with E-state index in [9.17, 15) is 12.8 Å². The predicted octanol–water partition coefficient (Wildman–Crippen LogP) is 0.820. The number of nitrogens with one attached hydrogen (secondary N) is 2. The number of hydrogen-bond acceptors (Lipinski definition) is 3. The zero-order chi connectivity index (χ0) is 12.9. The zero-order valence-electron chi connectivity index (χ0n) is 9.11. The molecule has 1 aromatic carbocycles. The van der Waals surface area contributed by atoms with Crippen LogP contribution in [-0.2, 0) is 10.0 Å². The molecule has 0 heterocycles. The molecule has 94 valence electrons. The van der Waals surface area contributed by atoms with Crippen LogP contribution in [0.3, 0.4) is 0 Å². The minimum absolute atomic E-state index is 0.00455. The molecular formula is C10H14FN3O2S. The quantitative estimate of drug-likeness (QED) is 0.401. The maximum atomic E-state index is 13.2. The summed E-state index contributed by atoms with van der Waals surface area (Å²) < 4.78 is 38.8. The SMILES string of the molecule is N=C(N)CCCNS(=O)(=O)c1ccccc1F. The van der Waals surface area contributed by atoms with Gasteiger partial charge >= 0.3 is 0 Å². The van der Waals surface area contributed by atoms with Crippen LogP contribution in [0, 0.1) is 11.2 Å². The number of benzene rings is 1. The van der Waals surface area contributed by atoms with E-state index >= 15 is 0 Å². The van der Waals surface area contributed by atoms with E-state index < -0.39 is 15.8 Å². The van der Waals surface area contributed by atoms with Crippen LogP contribution in [0.15, 0.2) is 29.2 Å². The zero-order valence-corrected chi connectivity index (χ0v) is 9.93. The van der Waals surface area contributed by atoms with Gasteiger partial charge in [0.1, 0.15) is 10.7 Å². The average Bonchev–Trinajstić information content (AvgIpc) is 2.24. The Labute approximate surface area is 99.4 Å². The van der Waals surface area contributed by atoms with E-state index in [1.807, 2.05) is 0 Å². The Morgan fingerprint density at radius 3 is 2.65 bits per heavy atom. The standard InChI is InChI=1S/C10H14FN3O2S/c11-8-4-1-2-5-9(8)17(15,16)14-7-3-6-10(12)13/h1-2,4-5,14H,3,6-7H2,(H3,12,13). The lowest BCUT2D eigenvalue weighted by Crippen LogP contribution is -2.26. The van der Waals surface area contributed by atoms with Crippen LogP contribution in [0.1, 0.15) is 12.8 Å². The molecule has 0 atom stereocenters. The lowest BCUT2D eigenvalue weighted by atomic mass is 10.3. The molecule has 0 aliphatic carbocycles. The summed E-state index contributed by atoms with van der Waals surface area (Å²) in [5.41, 5.74) is 5.12. The van der Waals surface area contributed by atoms with E-state index in [0.717, 1.165) is 6.07 Å². The molecule has 0 aliphatic rings. The maximum Gasteiger partial charge on any atom is 0.243 e. The molecule has 1 aromatic rings. The Kier molecular flexibility index (Phi) is 4.59. The first-order valence-electron chi connectivity index (χ1n) is 5.00. The molecule has 0 amide bonds. The van der Waals surface area contributed by atoms with E-state index in [2.05, 4.69) is 4.72 Å². The fourth-order valence-electron chi connectivity index (χ4n) is 1.23. The van der Waals surface area contributed by atoms with Gasteiger partial charge in [0.2, 0.25) is 10.0 Å². The van der Waals surface area contributed by atoms with Crippen molar-refractivity contribution in [3.05, 3.63) is 30.1 Å². The van der Waals surface area contributed by atoms with Gasteiger partial charge in [-0.2, -0.15) is 0 Å². The lowest BCUT2D eigenvalue weighted by Gasteiger charge is -2.06. The minimum atomic E-state index is -3.83. The fraction of sp³-hybridized carbons (Fsp3) is 0.300. The highest BCUT2D eigenvalue weighted by Gasteiger charge is 2.17. The first-order chi connectivity index (χ1) is 7.93. The highest BCUT2D eigenvalue weighted by molar-refractivity contribution is 7.89. The third-order valence-corrected chi connectivity index (χ3v) is 3.54. The maximum absolute atomic E-state index is 13.2. The Hall–Kier alpha value is -1.47. The number of hydrogen-bond donors (Lipinski definition) is 3. The summed E-state index contributed by atoms with van der Waals surface area (Å²) in [4.78, 5) is -0.372. The van der Waals surface area contributed by atoms with Crippen molar-refractivity contribution in [1.29, 1.82) is 5.41 Å². The third kappa shape index (κ3) is 4.12. The molecular weight excluding hydrogens is 245 g/mol. The number of nitrogens with two attached hydrogens (primary N) is 1. The first-order valence-corrected chi connectivity index (χ1v) is 6.49. The van der Waals surface area contributed by atoms with Crippen LogP contribution in [0.4, 0.5) is 4.39 Å². The number of sulfonamides is 1. The van der Waals surface area contributed by atoms with Gasteiger partial charge in [0.25, 0.3) is 0 Å². The van der Waals surface area contributed by atoms with Gasteiger partial charge in [0.05, 0.1) is 5.84 Å². The van der Waals surface area contributed by atoms with Crippen molar-refractivity contribution in [3.8, 4) is 0 Å². The summed E-state index contributed by atoms with van der Waals surface area (Å²) in [6, 6.07) is 5.16. The van der Waals surface area contributed by atoms with Crippen molar-refractivity contribution in [3.63, 3.8) is 0 Å². The van der Waals surface area contributed by atoms with Gasteiger partial charge in [-0.3, -0.25) is 5.41 Å². The summed E-state index contributed by atoms with van der Waals surface area (Å²) in [5.74, 6) is -0.790. The second kappa shape index (κ2) is 5.74. The molecule has 7 heteroatoms. The van der Waals surface area contributed by atoms with Gasteiger partial charge in [-0.25, -0.2) is 17.5 Å². The summed E-state index contributed by atoms with van der Waals surface area (Å²) in [6.45, 7) is 0.121. The van der Waals surface area contributed by atoms with Crippen LogP contribution in [-0.4, -0.2) is 20.8 Å². The first kappa shape index (κ1) is 13.6. The molecule has 0 spiro atoms. The highest BCUT2D eigenvalue weighted by atomic mass is 32.2. The van der Waals surface area contributed by atoms with Crippen molar-refractivity contribution in [2.24, 2.45) is 5.73 Å². The van der Waals surface area contributed by atoms with Crippen molar-refractivity contribution in [2.75, 3.05) is 6.54 Å². The van der Waals surface area contributed by atoms with Crippen LogP contribution in [0.25, 0.3) is 0 Å². The van der Waals surface area contributed by atoms with Gasteiger partial charge in [-0.1, -0.05) is 12.1 Å². The number of halogens is 1. The molecule has 5 nitrogen and oxygen atoms in total. The van der Waals surface area contributed by atoms with Gasteiger partial charge in [0, 0.05) is 13.0 Å². The second-order valence-electron chi connectivity index (χ2n) is 3.46. The smallest absolute Gasteiger partial charge is 0.243 e. The van der Waals surface area contributed by atoms with Crippen LogP contribution >= 0.6 is 0 Å². The molecule has 0 aromatic heterocycles. The van der Waals surface area contributed by atoms with Crippen molar-refractivity contribution >= 4 is 15.9 Å². The molecule has 4 N–H and O–H groups in total. The number of amidine groups is 1. The van der Waals surface area contributed by atoms with E-state index in [0.29, 0.717) is 12.8 Å². The van der Waals surface area contributed by atoms with E-state index in [4.69, 9.17) is 11.1 Å². The largest absolute Gasteiger partial charge is 0.388 e. The summed E-state index contributed by atoms with van der Waals surface area (Å²) in [6.07, 6.45) is 0.711. The average molecular weight is 259 g/mol. The second-order valence-corrected chi connectivity index (χ2v) is 5.19. The minimum Gasteiger partial charge on any atom is -0.388 e. The molecule has 0 aliphatic heterocycles. The van der Waals surface area contributed by atoms with E-state index in [-0.39, 0.29) is 17.3 Å². The van der Waals surface area contributed by atoms with E-state index in [1.165, 1.54) is 18.2 Å². The highest BCUT2D eigenvalue weighted by Crippen LogP contribution is 2.12. The van der Waals surface area contributed by atoms with Gasteiger partial charge in [-0.05, 0) is 18.6 Å². The van der Waals surface area contributed by atoms with Gasteiger partial charge in [-0.15, -0.1) is 0 Å². The van der Waals surface area contributed by atoms with Gasteiger partial charge in [0.15, 0.2) is 0 Å². The van der Waals surface area contributed by atoms with E-state index in [1.54, 1.807) is 0 Å². The van der Waals surface area contributed by atoms with Crippen molar-refractivity contribution in [2.45, 2.75) is 17.7 Å². The summed E-state index contributed by atoms with van der Waals surface area (Å²) in [7, 11) is -3.83. The molecule has 0 unspecified atom stereocenters. The molecule has 0 bridgehead atoms. The Balaban J connectivity index is 2.64. The van der Waals surface area contributed by atoms with Crippen LogP contribution < -0.4 is 10.5 Å². The fourth-order valence-corrected chi connectivity index (χ4v) is 2.38. The normalized spacial score (nSPS) is 11.4. The van der Waals surface area contributed by atoms with Crippen molar-refractivity contribution < 1.29 is 12.8 Å². The van der Waals surface area contributed by atoms with Crippen molar-refractivity contribution in [1.82, 2.24) is 4.72 Å². The van der Waals surface area contributed by atoms with Gasteiger partial charge < -0.3 is 5.73 Å². The Morgan fingerprint density at radius 1 is 1.41 bits per heavy atom. The topological polar surface area (TPSA) is 96.0 Å². The predicted molar refractivity (Wildman–Crippen MR) is 62.7 cm³/mol. The molecule has 0 radical (unpaired) electrons. The Bertz CT molecular complexity index is 502. The molecule has 17 heavy (non-hydrogen) atoms. The van der Waals surface area contributed by atoms with Crippen LogP contribution in [0.2, 0.25) is 0 Å². The van der Waals surface area contributed by atoms with Crippen LogP contribution in [0.5, 0.6) is 0 Å². The number of rotatable bonds is 6. The third-order valence-electron chi connectivity index (χ3n) is 2.04. The monoisotopic (exact) mass is 259 g/mol. The lowest BCUT2D eigenvalue weighted by molar-refractivity contribution is 0.556. The molecule has 0 saturated carbocycles.